The highest BCUT2D eigenvalue weighted by atomic mass is 28.3. The topological polar surface area (TPSA) is 25.8 Å². The Labute approximate surface area is 152 Å². The fourth-order valence-corrected chi connectivity index (χ4v) is 9.31. The van der Waals surface area contributed by atoms with E-state index in [-0.39, 0.29) is 0 Å². The molecule has 2 nitrogen and oxygen atoms in total. The Morgan fingerprint density at radius 3 is 1.68 bits per heavy atom. The molecule has 3 heteroatoms. The Kier molecular flexibility index (Phi) is 5.14. The van der Waals surface area contributed by atoms with Gasteiger partial charge in [0.1, 0.15) is 5.45 Å². The van der Waals surface area contributed by atoms with Crippen LogP contribution in [-0.2, 0) is 0 Å². The van der Waals surface area contributed by atoms with E-state index >= 15 is 0 Å². The second-order valence-electron chi connectivity index (χ2n) is 7.19. The summed E-state index contributed by atoms with van der Waals surface area (Å²) in [5.41, 5.74) is 4.61. The van der Waals surface area contributed by atoms with E-state index in [2.05, 4.69) is 82.3 Å². The Bertz CT molecular complexity index is 788. The molecule has 0 fully saturated rings. The highest BCUT2D eigenvalue weighted by Gasteiger charge is 2.46. The molecule has 0 aliphatic rings. The van der Waals surface area contributed by atoms with E-state index in [0.29, 0.717) is 11.1 Å². The standard InChI is InChI=1S/C22H26N2Si/c1-17(2)25(18(3)4,22-23-15-8-16-24-22)21-13-11-20(12-14-21)19-9-6-5-7-10-19/h5-18H,1-4H3. The third-order valence-electron chi connectivity index (χ3n) is 5.23. The Morgan fingerprint density at radius 1 is 0.640 bits per heavy atom. The van der Waals surface area contributed by atoms with E-state index < -0.39 is 8.07 Å². The minimum Gasteiger partial charge on any atom is -0.246 e. The molecule has 0 bridgehead atoms. The van der Waals surface area contributed by atoms with Gasteiger partial charge in [0.15, 0.2) is 8.07 Å². The maximum atomic E-state index is 4.70. The van der Waals surface area contributed by atoms with Crippen LogP contribution < -0.4 is 10.6 Å². The SMILES string of the molecule is CC(C)[Si](c1ccc(-c2ccccc2)cc1)(c1ncccn1)C(C)C. The average molecular weight is 347 g/mol. The van der Waals surface area contributed by atoms with Crippen molar-refractivity contribution in [2.75, 3.05) is 0 Å². The van der Waals surface area contributed by atoms with E-state index in [1.165, 1.54) is 16.3 Å². The first-order valence-corrected chi connectivity index (χ1v) is 11.2. The monoisotopic (exact) mass is 346 g/mol. The minimum absolute atomic E-state index is 0.525. The van der Waals surface area contributed by atoms with Crippen molar-refractivity contribution in [1.82, 2.24) is 9.97 Å². The van der Waals surface area contributed by atoms with Gasteiger partial charge >= 0.3 is 0 Å². The molecule has 3 rings (SSSR count). The van der Waals surface area contributed by atoms with Gasteiger partial charge in [-0.05, 0) is 33.5 Å². The van der Waals surface area contributed by atoms with Gasteiger partial charge in [0.05, 0.1) is 0 Å². The molecule has 0 aliphatic heterocycles. The summed E-state index contributed by atoms with van der Waals surface area (Å²) < 4.78 is 0. The molecule has 0 atom stereocenters. The first-order valence-electron chi connectivity index (χ1n) is 9.00. The Morgan fingerprint density at radius 2 is 1.16 bits per heavy atom. The van der Waals surface area contributed by atoms with Crippen molar-refractivity contribution in [3.8, 4) is 11.1 Å². The summed E-state index contributed by atoms with van der Waals surface area (Å²) >= 11 is 0. The molecular weight excluding hydrogens is 320 g/mol. The van der Waals surface area contributed by atoms with Crippen LogP contribution in [0.2, 0.25) is 11.1 Å². The molecule has 0 saturated carbocycles. The van der Waals surface area contributed by atoms with Crippen LogP contribution in [0.25, 0.3) is 11.1 Å². The van der Waals surface area contributed by atoms with Crippen molar-refractivity contribution in [2.45, 2.75) is 38.8 Å². The van der Waals surface area contributed by atoms with Crippen molar-refractivity contribution in [3.05, 3.63) is 73.1 Å². The minimum atomic E-state index is -2.05. The maximum absolute atomic E-state index is 4.70. The molecule has 0 amide bonds. The lowest BCUT2D eigenvalue weighted by Crippen LogP contribution is -2.64. The van der Waals surface area contributed by atoms with Crippen LogP contribution in [0.3, 0.4) is 0 Å². The van der Waals surface area contributed by atoms with Gasteiger partial charge in [-0.3, -0.25) is 0 Å². The third kappa shape index (κ3) is 3.16. The largest absolute Gasteiger partial charge is 0.246 e. The first kappa shape index (κ1) is 17.6. The van der Waals surface area contributed by atoms with Crippen LogP contribution in [-0.4, -0.2) is 18.0 Å². The summed E-state index contributed by atoms with van der Waals surface area (Å²) in [4.78, 5) is 9.40. The molecule has 1 aromatic heterocycles. The molecule has 1 heterocycles. The van der Waals surface area contributed by atoms with Crippen molar-refractivity contribution in [3.63, 3.8) is 0 Å². The summed E-state index contributed by atoms with van der Waals surface area (Å²) in [5.74, 6) is 0. The lowest BCUT2D eigenvalue weighted by molar-refractivity contribution is 0.916. The van der Waals surface area contributed by atoms with E-state index in [4.69, 9.17) is 9.97 Å². The van der Waals surface area contributed by atoms with Gasteiger partial charge in [0.2, 0.25) is 0 Å². The van der Waals surface area contributed by atoms with Gasteiger partial charge in [-0.2, -0.15) is 0 Å². The number of rotatable bonds is 5. The highest BCUT2D eigenvalue weighted by molar-refractivity contribution is 7.03. The number of aromatic nitrogens is 2. The fraction of sp³-hybridized carbons (Fsp3) is 0.273. The summed E-state index contributed by atoms with van der Waals surface area (Å²) in [6.45, 7) is 9.31. The van der Waals surface area contributed by atoms with Crippen LogP contribution >= 0.6 is 0 Å². The normalized spacial score (nSPS) is 11.9. The Balaban J connectivity index is 2.11. The molecule has 0 spiro atoms. The fourth-order valence-electron chi connectivity index (χ4n) is 4.06. The number of benzene rings is 2. The van der Waals surface area contributed by atoms with Gasteiger partial charge in [0, 0.05) is 12.4 Å². The van der Waals surface area contributed by atoms with Crippen LogP contribution in [0.5, 0.6) is 0 Å². The average Bonchev–Trinajstić information content (AvgIpc) is 2.64. The maximum Gasteiger partial charge on any atom is 0.170 e. The zero-order chi connectivity index (χ0) is 17.9. The second kappa shape index (κ2) is 7.32. The molecule has 3 aromatic rings. The zero-order valence-electron chi connectivity index (χ0n) is 15.5. The third-order valence-corrected chi connectivity index (χ3v) is 11.2. The molecule has 0 aliphatic carbocycles. The predicted molar refractivity (Wildman–Crippen MR) is 109 cm³/mol. The summed E-state index contributed by atoms with van der Waals surface area (Å²) in [7, 11) is -2.05. The molecular formula is C22H26N2Si. The first-order chi connectivity index (χ1) is 12.1. The van der Waals surface area contributed by atoms with E-state index in [9.17, 15) is 0 Å². The highest BCUT2D eigenvalue weighted by Crippen LogP contribution is 2.31. The van der Waals surface area contributed by atoms with E-state index in [1.54, 1.807) is 0 Å². The van der Waals surface area contributed by atoms with Crippen LogP contribution in [0.4, 0.5) is 0 Å². The van der Waals surface area contributed by atoms with Gasteiger partial charge in [-0.1, -0.05) is 82.3 Å². The van der Waals surface area contributed by atoms with Gasteiger partial charge in [0.25, 0.3) is 0 Å². The second-order valence-corrected chi connectivity index (χ2v) is 12.3. The zero-order valence-corrected chi connectivity index (χ0v) is 16.5. The lowest BCUT2D eigenvalue weighted by Gasteiger charge is -2.38. The molecule has 0 unspecified atom stereocenters. The van der Waals surface area contributed by atoms with Crippen molar-refractivity contribution in [1.29, 1.82) is 0 Å². The number of nitrogens with zero attached hydrogens (tertiary/aromatic N) is 2. The Hall–Kier alpha value is -2.26. The molecule has 25 heavy (non-hydrogen) atoms. The van der Waals surface area contributed by atoms with Crippen LogP contribution in [0.15, 0.2) is 73.1 Å². The smallest absolute Gasteiger partial charge is 0.170 e. The van der Waals surface area contributed by atoms with Crippen LogP contribution in [0, 0.1) is 0 Å². The van der Waals surface area contributed by atoms with E-state index in [0.717, 1.165) is 5.45 Å². The molecule has 0 radical (unpaired) electrons. The van der Waals surface area contributed by atoms with Crippen molar-refractivity contribution < 1.29 is 0 Å². The molecule has 0 N–H and O–H groups in total. The molecule has 0 saturated heterocycles. The molecule has 2 aromatic carbocycles. The predicted octanol–water partition coefficient (Wildman–Crippen LogP) is 4.53. The van der Waals surface area contributed by atoms with Crippen molar-refractivity contribution >= 4 is 18.7 Å². The van der Waals surface area contributed by atoms with Gasteiger partial charge in [-0.25, -0.2) is 9.97 Å². The van der Waals surface area contributed by atoms with Crippen molar-refractivity contribution in [2.24, 2.45) is 0 Å². The van der Waals surface area contributed by atoms with Gasteiger partial charge < -0.3 is 0 Å². The molecule has 128 valence electrons. The summed E-state index contributed by atoms with van der Waals surface area (Å²) in [6.07, 6.45) is 3.76. The summed E-state index contributed by atoms with van der Waals surface area (Å²) in [6, 6.07) is 21.6. The van der Waals surface area contributed by atoms with Gasteiger partial charge in [-0.15, -0.1) is 0 Å². The van der Waals surface area contributed by atoms with E-state index in [1.807, 2.05) is 18.5 Å². The summed E-state index contributed by atoms with van der Waals surface area (Å²) in [5, 5.41) is 1.42. The quantitative estimate of drug-likeness (QED) is 0.635. The number of hydrogen-bond donors (Lipinski definition) is 0. The number of hydrogen-bond acceptors (Lipinski definition) is 2. The lowest BCUT2D eigenvalue weighted by atomic mass is 10.1. The van der Waals surface area contributed by atoms with Crippen LogP contribution in [0.1, 0.15) is 27.7 Å².